The molecule has 1 aromatic carbocycles. The molecule has 2 heterocycles. The lowest BCUT2D eigenvalue weighted by Gasteiger charge is -2.26. The van der Waals surface area contributed by atoms with Crippen LogP contribution in [0.25, 0.3) is 0 Å². The van der Waals surface area contributed by atoms with Crippen LogP contribution in [-0.2, 0) is 13.0 Å². The Kier molecular flexibility index (Phi) is 4.81. The minimum Gasteiger partial charge on any atom is -0.507 e. The van der Waals surface area contributed by atoms with Gasteiger partial charge in [-0.15, -0.1) is 11.3 Å². The van der Waals surface area contributed by atoms with Crippen LogP contribution in [0.1, 0.15) is 20.8 Å². The molecule has 0 aliphatic carbocycles. The second-order valence-corrected chi connectivity index (χ2v) is 7.23. The Morgan fingerprint density at radius 1 is 1.41 bits per heavy atom. The SMILES string of the molecule is O=C(NCCN1CCc2sccc2C1)c1ccc(Br)cc1O. The molecule has 4 nitrogen and oxygen atoms in total. The molecule has 2 aromatic rings. The monoisotopic (exact) mass is 380 g/mol. The number of carbonyl (C=O) groups is 1. The van der Waals surface area contributed by atoms with E-state index < -0.39 is 0 Å². The Balaban J connectivity index is 1.50. The first kappa shape index (κ1) is 15.5. The maximum Gasteiger partial charge on any atom is 0.255 e. The van der Waals surface area contributed by atoms with Gasteiger partial charge in [0.25, 0.3) is 5.91 Å². The van der Waals surface area contributed by atoms with Crippen LogP contribution in [0.3, 0.4) is 0 Å². The zero-order valence-electron chi connectivity index (χ0n) is 12.0. The maximum absolute atomic E-state index is 12.1. The van der Waals surface area contributed by atoms with E-state index in [-0.39, 0.29) is 11.7 Å². The number of thiophene rings is 1. The number of nitrogens with zero attached hydrogens (tertiary/aromatic N) is 1. The number of nitrogens with one attached hydrogen (secondary N) is 1. The normalized spacial score (nSPS) is 14.6. The fourth-order valence-electron chi connectivity index (χ4n) is 2.62. The van der Waals surface area contributed by atoms with Gasteiger partial charge in [-0.2, -0.15) is 0 Å². The van der Waals surface area contributed by atoms with Gasteiger partial charge in [0.05, 0.1) is 5.56 Å². The Labute approximate surface area is 141 Å². The van der Waals surface area contributed by atoms with Gasteiger partial charge in [0, 0.05) is 35.5 Å². The molecule has 1 amide bonds. The van der Waals surface area contributed by atoms with Crippen molar-refractivity contribution in [2.75, 3.05) is 19.6 Å². The van der Waals surface area contributed by atoms with Crippen LogP contribution in [0, 0.1) is 0 Å². The van der Waals surface area contributed by atoms with Crippen LogP contribution < -0.4 is 5.32 Å². The minimum absolute atomic E-state index is 0.00670. The molecule has 6 heteroatoms. The van der Waals surface area contributed by atoms with Crippen LogP contribution in [-0.4, -0.2) is 35.5 Å². The molecule has 0 saturated carbocycles. The largest absolute Gasteiger partial charge is 0.507 e. The molecule has 0 bridgehead atoms. The lowest BCUT2D eigenvalue weighted by Crippen LogP contribution is -2.37. The molecular formula is C16H17BrN2O2S. The molecule has 116 valence electrons. The summed E-state index contributed by atoms with van der Waals surface area (Å²) >= 11 is 5.09. The number of halogens is 1. The highest BCUT2D eigenvalue weighted by Crippen LogP contribution is 2.24. The molecule has 0 unspecified atom stereocenters. The number of hydrogen-bond donors (Lipinski definition) is 2. The smallest absolute Gasteiger partial charge is 0.255 e. The Morgan fingerprint density at radius 2 is 2.27 bits per heavy atom. The topological polar surface area (TPSA) is 52.6 Å². The maximum atomic E-state index is 12.1. The fourth-order valence-corrected chi connectivity index (χ4v) is 3.86. The van der Waals surface area contributed by atoms with Gasteiger partial charge in [-0.3, -0.25) is 9.69 Å². The van der Waals surface area contributed by atoms with Gasteiger partial charge in [-0.05, 0) is 41.6 Å². The van der Waals surface area contributed by atoms with E-state index in [0.29, 0.717) is 12.1 Å². The first-order valence-corrected chi connectivity index (χ1v) is 8.85. The van der Waals surface area contributed by atoms with Crippen LogP contribution in [0.4, 0.5) is 0 Å². The molecule has 0 fully saturated rings. The summed E-state index contributed by atoms with van der Waals surface area (Å²) in [7, 11) is 0. The lowest BCUT2D eigenvalue weighted by atomic mass is 10.1. The van der Waals surface area contributed by atoms with E-state index in [2.05, 4.69) is 37.6 Å². The third kappa shape index (κ3) is 3.51. The number of hydrogen-bond acceptors (Lipinski definition) is 4. The predicted molar refractivity (Wildman–Crippen MR) is 91.4 cm³/mol. The summed E-state index contributed by atoms with van der Waals surface area (Å²) in [6, 6.07) is 7.08. The number of amides is 1. The second kappa shape index (κ2) is 6.81. The molecule has 1 aromatic heterocycles. The van der Waals surface area contributed by atoms with Crippen molar-refractivity contribution in [1.82, 2.24) is 10.2 Å². The van der Waals surface area contributed by atoms with Gasteiger partial charge in [0.15, 0.2) is 0 Å². The summed E-state index contributed by atoms with van der Waals surface area (Å²) in [5.41, 5.74) is 1.72. The Hall–Kier alpha value is -1.37. The first-order chi connectivity index (χ1) is 10.6. The fraction of sp³-hybridized carbons (Fsp3) is 0.312. The molecule has 0 atom stereocenters. The van der Waals surface area contributed by atoms with Gasteiger partial charge in [0.2, 0.25) is 0 Å². The molecule has 0 saturated heterocycles. The van der Waals surface area contributed by atoms with E-state index >= 15 is 0 Å². The summed E-state index contributed by atoms with van der Waals surface area (Å²) in [4.78, 5) is 15.9. The Bertz CT molecular complexity index is 687. The van der Waals surface area contributed by atoms with Crippen molar-refractivity contribution in [3.8, 4) is 5.75 Å². The third-order valence-corrected chi connectivity index (χ3v) is 5.32. The predicted octanol–water partition coefficient (Wildman–Crippen LogP) is 3.00. The van der Waals surface area contributed by atoms with Crippen molar-refractivity contribution >= 4 is 33.2 Å². The average Bonchev–Trinajstić information content (AvgIpc) is 2.94. The van der Waals surface area contributed by atoms with Gasteiger partial charge < -0.3 is 10.4 Å². The van der Waals surface area contributed by atoms with Crippen molar-refractivity contribution < 1.29 is 9.90 Å². The quantitative estimate of drug-likeness (QED) is 0.856. The highest BCUT2D eigenvalue weighted by Gasteiger charge is 2.17. The minimum atomic E-state index is -0.238. The van der Waals surface area contributed by atoms with Crippen LogP contribution in [0.5, 0.6) is 5.75 Å². The number of phenolic OH excluding ortho intramolecular Hbond substituents is 1. The average molecular weight is 381 g/mol. The van der Waals surface area contributed by atoms with Crippen molar-refractivity contribution in [1.29, 1.82) is 0 Å². The van der Waals surface area contributed by atoms with Gasteiger partial charge in [-0.1, -0.05) is 15.9 Å². The van der Waals surface area contributed by atoms with Crippen molar-refractivity contribution in [3.05, 3.63) is 50.1 Å². The lowest BCUT2D eigenvalue weighted by molar-refractivity contribution is 0.0944. The van der Waals surface area contributed by atoms with Crippen LogP contribution in [0.2, 0.25) is 0 Å². The standard InChI is InChI=1S/C16H17BrN2O2S/c17-12-1-2-13(14(20)9-12)16(21)18-5-7-19-6-3-15-11(10-19)4-8-22-15/h1-2,4,8-9,20H,3,5-7,10H2,(H,18,21). The summed E-state index contributed by atoms with van der Waals surface area (Å²) in [6.07, 6.45) is 1.09. The van der Waals surface area contributed by atoms with Crippen molar-refractivity contribution in [2.45, 2.75) is 13.0 Å². The second-order valence-electron chi connectivity index (χ2n) is 5.31. The summed E-state index contributed by atoms with van der Waals surface area (Å²) in [5.74, 6) is -0.244. The Morgan fingerprint density at radius 3 is 3.09 bits per heavy atom. The zero-order valence-corrected chi connectivity index (χ0v) is 14.4. The van der Waals surface area contributed by atoms with Crippen LogP contribution in [0.15, 0.2) is 34.1 Å². The molecule has 1 aliphatic rings. The van der Waals surface area contributed by atoms with E-state index in [1.54, 1.807) is 12.1 Å². The molecule has 22 heavy (non-hydrogen) atoms. The summed E-state index contributed by atoms with van der Waals surface area (Å²) in [6.45, 7) is 3.39. The van der Waals surface area contributed by atoms with Crippen LogP contribution >= 0.6 is 27.3 Å². The van der Waals surface area contributed by atoms with Gasteiger partial charge in [0.1, 0.15) is 5.75 Å². The number of carbonyl (C=O) groups excluding carboxylic acids is 1. The number of benzene rings is 1. The molecule has 2 N–H and O–H groups in total. The molecule has 1 aliphatic heterocycles. The first-order valence-electron chi connectivity index (χ1n) is 7.18. The van der Waals surface area contributed by atoms with Gasteiger partial charge >= 0.3 is 0 Å². The highest BCUT2D eigenvalue weighted by atomic mass is 79.9. The molecule has 3 rings (SSSR count). The third-order valence-electron chi connectivity index (χ3n) is 3.80. The number of aromatic hydroxyl groups is 1. The molecular weight excluding hydrogens is 364 g/mol. The summed E-state index contributed by atoms with van der Waals surface area (Å²) < 4.78 is 0.751. The zero-order chi connectivity index (χ0) is 15.5. The molecule has 0 spiro atoms. The number of phenols is 1. The summed E-state index contributed by atoms with van der Waals surface area (Å²) in [5, 5.41) is 14.8. The number of rotatable bonds is 4. The van der Waals surface area contributed by atoms with Gasteiger partial charge in [-0.25, -0.2) is 0 Å². The van der Waals surface area contributed by atoms with E-state index in [1.165, 1.54) is 16.5 Å². The van der Waals surface area contributed by atoms with E-state index in [9.17, 15) is 9.90 Å². The van der Waals surface area contributed by atoms with Crippen molar-refractivity contribution in [2.24, 2.45) is 0 Å². The van der Waals surface area contributed by atoms with E-state index in [1.807, 2.05) is 11.3 Å². The molecule has 0 radical (unpaired) electrons. The van der Waals surface area contributed by atoms with E-state index in [4.69, 9.17) is 0 Å². The highest BCUT2D eigenvalue weighted by molar-refractivity contribution is 9.10. The van der Waals surface area contributed by atoms with Crippen molar-refractivity contribution in [3.63, 3.8) is 0 Å². The van der Waals surface area contributed by atoms with E-state index in [0.717, 1.165) is 30.5 Å². The number of fused-ring (bicyclic) bond motifs is 1.